The normalized spacial score (nSPS) is 19.0. The summed E-state index contributed by atoms with van der Waals surface area (Å²) >= 11 is 0. The van der Waals surface area contributed by atoms with Gasteiger partial charge in [-0.2, -0.15) is 4.98 Å². The number of H-pyrrole nitrogens is 1. The van der Waals surface area contributed by atoms with Crippen LogP contribution in [0.3, 0.4) is 0 Å². The number of nitrogens with one attached hydrogen (secondary N) is 3. The van der Waals surface area contributed by atoms with Gasteiger partial charge in [0.1, 0.15) is 5.69 Å². The third kappa shape index (κ3) is 2.48. The van der Waals surface area contributed by atoms with E-state index in [4.69, 9.17) is 5.73 Å². The molecule has 2 atom stereocenters. The molecule has 0 aliphatic carbocycles. The molecule has 0 spiro atoms. The van der Waals surface area contributed by atoms with Gasteiger partial charge in [-0.3, -0.25) is 9.78 Å². The van der Waals surface area contributed by atoms with Crippen LogP contribution in [-0.4, -0.2) is 9.97 Å². The molecule has 2 heterocycles. The summed E-state index contributed by atoms with van der Waals surface area (Å²) in [6.07, 6.45) is 0. The summed E-state index contributed by atoms with van der Waals surface area (Å²) in [6.45, 7) is 0. The van der Waals surface area contributed by atoms with Gasteiger partial charge in [0.05, 0.1) is 12.1 Å². The van der Waals surface area contributed by atoms with Crippen LogP contribution in [0.15, 0.2) is 65.5 Å². The lowest BCUT2D eigenvalue weighted by molar-refractivity contribution is 0.629. The van der Waals surface area contributed by atoms with Gasteiger partial charge in [0.2, 0.25) is 5.95 Å². The van der Waals surface area contributed by atoms with E-state index >= 15 is 0 Å². The number of nitrogens with two attached hydrogens (primary N) is 1. The van der Waals surface area contributed by atoms with Crippen molar-refractivity contribution in [2.45, 2.75) is 12.1 Å². The Morgan fingerprint density at radius 3 is 1.96 bits per heavy atom. The van der Waals surface area contributed by atoms with Crippen molar-refractivity contribution in [3.8, 4) is 0 Å². The Morgan fingerprint density at radius 2 is 1.38 bits per heavy atom. The van der Waals surface area contributed by atoms with E-state index in [1.807, 2.05) is 48.5 Å². The topological polar surface area (TPSA) is 95.8 Å². The van der Waals surface area contributed by atoms with Crippen molar-refractivity contribution in [1.82, 2.24) is 9.97 Å². The van der Waals surface area contributed by atoms with E-state index in [1.165, 1.54) is 0 Å². The molecule has 2 unspecified atom stereocenters. The van der Waals surface area contributed by atoms with Crippen LogP contribution >= 0.6 is 0 Å². The lowest BCUT2D eigenvalue weighted by Gasteiger charge is -2.35. The fourth-order valence-electron chi connectivity index (χ4n) is 3.07. The monoisotopic (exact) mass is 319 g/mol. The first kappa shape index (κ1) is 14.3. The van der Waals surface area contributed by atoms with Crippen LogP contribution in [0.1, 0.15) is 23.2 Å². The minimum Gasteiger partial charge on any atom is -0.369 e. The van der Waals surface area contributed by atoms with E-state index < -0.39 is 0 Å². The quantitative estimate of drug-likeness (QED) is 0.582. The Labute approximate surface area is 138 Å². The zero-order chi connectivity index (χ0) is 16.5. The zero-order valence-electron chi connectivity index (χ0n) is 12.9. The highest BCUT2D eigenvalue weighted by Crippen LogP contribution is 2.39. The van der Waals surface area contributed by atoms with Gasteiger partial charge in [-0.15, -0.1) is 0 Å². The summed E-state index contributed by atoms with van der Waals surface area (Å²) in [5, 5.41) is 6.70. The van der Waals surface area contributed by atoms with E-state index in [0.29, 0.717) is 11.5 Å². The number of hydrogen-bond donors (Lipinski definition) is 4. The second-order valence-corrected chi connectivity index (χ2v) is 5.74. The molecule has 4 rings (SSSR count). The van der Waals surface area contributed by atoms with Gasteiger partial charge in [-0.05, 0) is 11.1 Å². The Bertz CT molecular complexity index is 908. The molecule has 0 radical (unpaired) electrons. The molecular formula is C18H17N5O. The Hall–Kier alpha value is -3.28. The molecular weight excluding hydrogens is 302 g/mol. The first-order valence-electron chi connectivity index (χ1n) is 7.75. The first-order chi connectivity index (χ1) is 11.7. The van der Waals surface area contributed by atoms with Gasteiger partial charge >= 0.3 is 0 Å². The van der Waals surface area contributed by atoms with Crippen LogP contribution in [0.5, 0.6) is 0 Å². The van der Waals surface area contributed by atoms with Gasteiger partial charge in [-0.25, -0.2) is 0 Å². The Kier molecular flexibility index (Phi) is 3.42. The average Bonchev–Trinajstić information content (AvgIpc) is 2.62. The predicted octanol–water partition coefficient (Wildman–Crippen LogP) is 2.67. The maximum Gasteiger partial charge on any atom is 0.277 e. The number of nitrogens with zero attached hydrogens (tertiary/aromatic N) is 1. The lowest BCUT2D eigenvalue weighted by atomic mass is 9.91. The maximum atomic E-state index is 12.2. The number of aromatic amines is 1. The molecule has 6 nitrogen and oxygen atoms in total. The summed E-state index contributed by atoms with van der Waals surface area (Å²) in [4.78, 5) is 19.0. The number of benzene rings is 2. The summed E-state index contributed by atoms with van der Waals surface area (Å²) < 4.78 is 0. The SMILES string of the molecule is Nc1nc2c(c(=O)[nH]1)NC(c1ccccc1)C(c1ccccc1)N2. The van der Waals surface area contributed by atoms with Crippen molar-refractivity contribution in [3.05, 3.63) is 82.1 Å². The van der Waals surface area contributed by atoms with Crippen molar-refractivity contribution in [2.75, 3.05) is 16.4 Å². The largest absolute Gasteiger partial charge is 0.369 e. The van der Waals surface area contributed by atoms with E-state index in [2.05, 4.69) is 32.7 Å². The number of nitrogen functional groups attached to an aromatic ring is 1. The van der Waals surface area contributed by atoms with Crippen LogP contribution in [0.4, 0.5) is 17.5 Å². The number of fused-ring (bicyclic) bond motifs is 1. The molecule has 6 heteroatoms. The molecule has 1 aliphatic rings. The van der Waals surface area contributed by atoms with Crippen LogP contribution in [-0.2, 0) is 0 Å². The van der Waals surface area contributed by atoms with E-state index in [1.54, 1.807) is 0 Å². The third-order valence-corrected chi connectivity index (χ3v) is 4.18. The van der Waals surface area contributed by atoms with Gasteiger partial charge in [-0.1, -0.05) is 60.7 Å². The molecule has 3 aromatic rings. The summed E-state index contributed by atoms with van der Waals surface area (Å²) in [5.41, 5.74) is 7.99. The van der Waals surface area contributed by atoms with E-state index in [-0.39, 0.29) is 23.6 Å². The number of anilines is 3. The zero-order valence-corrected chi connectivity index (χ0v) is 12.9. The molecule has 0 amide bonds. The van der Waals surface area contributed by atoms with Crippen LogP contribution in [0.2, 0.25) is 0 Å². The molecule has 1 aliphatic heterocycles. The molecule has 0 saturated heterocycles. The van der Waals surface area contributed by atoms with Crippen molar-refractivity contribution in [3.63, 3.8) is 0 Å². The summed E-state index contributed by atoms with van der Waals surface area (Å²) in [7, 11) is 0. The molecule has 24 heavy (non-hydrogen) atoms. The molecule has 120 valence electrons. The second-order valence-electron chi connectivity index (χ2n) is 5.74. The average molecular weight is 319 g/mol. The highest BCUT2D eigenvalue weighted by molar-refractivity contribution is 5.69. The third-order valence-electron chi connectivity index (χ3n) is 4.18. The molecule has 0 bridgehead atoms. The molecule has 0 saturated carbocycles. The van der Waals surface area contributed by atoms with Crippen LogP contribution < -0.4 is 21.9 Å². The molecule has 2 aromatic carbocycles. The summed E-state index contributed by atoms with van der Waals surface area (Å²) in [5.74, 6) is 0.565. The predicted molar refractivity (Wildman–Crippen MR) is 94.9 cm³/mol. The first-order valence-corrected chi connectivity index (χ1v) is 7.75. The smallest absolute Gasteiger partial charge is 0.277 e. The standard InChI is InChI=1S/C18H17N5O/c19-18-22-16-15(17(24)23-18)20-13(11-7-3-1-4-8-11)14(21-16)12-9-5-2-6-10-12/h1-10,13-14,20H,(H4,19,21,22,23,24). The Balaban J connectivity index is 1.84. The van der Waals surface area contributed by atoms with Crippen molar-refractivity contribution >= 4 is 17.5 Å². The highest BCUT2D eigenvalue weighted by Gasteiger charge is 2.32. The van der Waals surface area contributed by atoms with E-state index in [0.717, 1.165) is 11.1 Å². The van der Waals surface area contributed by atoms with Crippen molar-refractivity contribution in [1.29, 1.82) is 0 Å². The fourth-order valence-corrected chi connectivity index (χ4v) is 3.07. The molecule has 5 N–H and O–H groups in total. The minimum atomic E-state index is -0.280. The molecule has 1 aromatic heterocycles. The van der Waals surface area contributed by atoms with Crippen LogP contribution in [0.25, 0.3) is 0 Å². The number of rotatable bonds is 2. The Morgan fingerprint density at radius 1 is 0.833 bits per heavy atom. The lowest BCUT2D eigenvalue weighted by Crippen LogP contribution is -2.34. The van der Waals surface area contributed by atoms with Crippen molar-refractivity contribution in [2.24, 2.45) is 0 Å². The highest BCUT2D eigenvalue weighted by atomic mass is 16.1. The van der Waals surface area contributed by atoms with Gasteiger partial charge in [0.15, 0.2) is 5.82 Å². The molecule has 0 fully saturated rings. The van der Waals surface area contributed by atoms with Gasteiger partial charge in [0.25, 0.3) is 5.56 Å². The van der Waals surface area contributed by atoms with E-state index in [9.17, 15) is 4.79 Å². The van der Waals surface area contributed by atoms with Crippen molar-refractivity contribution < 1.29 is 0 Å². The minimum absolute atomic E-state index is 0.0743. The number of aromatic nitrogens is 2. The fraction of sp³-hybridized carbons (Fsp3) is 0.111. The van der Waals surface area contributed by atoms with Crippen LogP contribution in [0, 0.1) is 0 Å². The van der Waals surface area contributed by atoms with Gasteiger partial charge in [0, 0.05) is 0 Å². The van der Waals surface area contributed by atoms with Gasteiger partial charge < -0.3 is 16.4 Å². The second kappa shape index (κ2) is 5.73. The number of hydrogen-bond acceptors (Lipinski definition) is 5. The maximum absolute atomic E-state index is 12.2. The summed E-state index contributed by atoms with van der Waals surface area (Å²) in [6, 6.07) is 19.9.